The van der Waals surface area contributed by atoms with Crippen molar-refractivity contribution in [2.75, 3.05) is 13.2 Å². The predicted molar refractivity (Wildman–Crippen MR) is 91.6 cm³/mol. The van der Waals surface area contributed by atoms with Crippen LogP contribution in [0.1, 0.15) is 23.1 Å². The van der Waals surface area contributed by atoms with Crippen LogP contribution in [-0.2, 0) is 17.8 Å². The first-order chi connectivity index (χ1) is 11.8. The van der Waals surface area contributed by atoms with E-state index in [1.165, 1.54) is 0 Å². The quantitative estimate of drug-likeness (QED) is 0.678. The highest BCUT2D eigenvalue weighted by atomic mass is 16.5. The van der Waals surface area contributed by atoms with E-state index < -0.39 is 0 Å². The van der Waals surface area contributed by atoms with Crippen LogP contribution in [0, 0.1) is 0 Å². The van der Waals surface area contributed by atoms with Crippen LogP contribution in [0.25, 0.3) is 11.0 Å². The number of ether oxygens (including phenoxy) is 1. The lowest BCUT2D eigenvalue weighted by Gasteiger charge is -2.10. The first-order valence-electron chi connectivity index (χ1n) is 7.99. The van der Waals surface area contributed by atoms with Gasteiger partial charge in [0.25, 0.3) is 5.91 Å². The third-order valence-corrected chi connectivity index (χ3v) is 3.75. The summed E-state index contributed by atoms with van der Waals surface area (Å²) in [6.07, 6.45) is 3.21. The molecule has 3 aromatic rings. The Bertz CT molecular complexity index is 814. The van der Waals surface area contributed by atoms with Gasteiger partial charge in [0.05, 0.1) is 24.2 Å². The molecule has 2 aromatic heterocycles. The number of pyridine rings is 1. The van der Waals surface area contributed by atoms with E-state index in [2.05, 4.69) is 19.9 Å². The molecule has 0 aliphatic carbocycles. The van der Waals surface area contributed by atoms with Crippen molar-refractivity contribution in [1.82, 2.24) is 19.9 Å². The summed E-state index contributed by atoms with van der Waals surface area (Å²) in [7, 11) is 0. The molecule has 1 amide bonds. The summed E-state index contributed by atoms with van der Waals surface area (Å²) < 4.78 is 7.56. The van der Waals surface area contributed by atoms with Gasteiger partial charge in [0, 0.05) is 31.1 Å². The summed E-state index contributed by atoms with van der Waals surface area (Å²) in [6.45, 7) is 4.33. The molecule has 0 aliphatic heterocycles. The van der Waals surface area contributed by atoms with E-state index in [9.17, 15) is 4.79 Å². The minimum atomic E-state index is -0.138. The third kappa shape index (κ3) is 3.60. The number of imidazole rings is 1. The lowest BCUT2D eigenvalue weighted by Crippen LogP contribution is -2.25. The van der Waals surface area contributed by atoms with Crippen molar-refractivity contribution in [1.29, 1.82) is 0 Å². The zero-order valence-corrected chi connectivity index (χ0v) is 13.6. The number of amides is 1. The Morgan fingerprint density at radius 1 is 1.21 bits per heavy atom. The molecule has 0 spiro atoms. The Labute approximate surface area is 140 Å². The van der Waals surface area contributed by atoms with Gasteiger partial charge < -0.3 is 14.6 Å². The van der Waals surface area contributed by atoms with Gasteiger partial charge in [0.1, 0.15) is 5.82 Å². The lowest BCUT2D eigenvalue weighted by molar-refractivity contribution is 0.0949. The fourth-order valence-corrected chi connectivity index (χ4v) is 2.57. The predicted octanol–water partition coefficient (Wildman–Crippen LogP) is 2.40. The molecule has 0 fully saturated rings. The summed E-state index contributed by atoms with van der Waals surface area (Å²) in [5, 5.41) is 2.92. The van der Waals surface area contributed by atoms with E-state index in [-0.39, 0.29) is 5.91 Å². The number of nitrogens with zero attached hydrogens (tertiary/aromatic N) is 3. The molecule has 6 nitrogen and oxygen atoms in total. The maximum Gasteiger partial charge on any atom is 0.251 e. The van der Waals surface area contributed by atoms with Gasteiger partial charge in [-0.2, -0.15) is 0 Å². The van der Waals surface area contributed by atoms with Crippen LogP contribution in [0.2, 0.25) is 0 Å². The van der Waals surface area contributed by atoms with Crippen LogP contribution in [0.5, 0.6) is 0 Å². The number of fused-ring (bicyclic) bond motifs is 1. The van der Waals surface area contributed by atoms with Crippen molar-refractivity contribution >= 4 is 16.9 Å². The van der Waals surface area contributed by atoms with Crippen molar-refractivity contribution in [3.8, 4) is 0 Å². The average molecular weight is 324 g/mol. The third-order valence-electron chi connectivity index (χ3n) is 3.75. The minimum Gasteiger partial charge on any atom is -0.380 e. The summed E-state index contributed by atoms with van der Waals surface area (Å²) in [6, 6.07) is 11.3. The van der Waals surface area contributed by atoms with Crippen LogP contribution in [-0.4, -0.2) is 33.7 Å². The van der Waals surface area contributed by atoms with Gasteiger partial charge in [-0.25, -0.2) is 4.98 Å². The molecule has 3 rings (SSSR count). The summed E-state index contributed by atoms with van der Waals surface area (Å²) >= 11 is 0. The smallest absolute Gasteiger partial charge is 0.251 e. The van der Waals surface area contributed by atoms with Crippen LogP contribution < -0.4 is 5.32 Å². The van der Waals surface area contributed by atoms with Crippen molar-refractivity contribution in [2.45, 2.75) is 20.0 Å². The molecule has 6 heteroatoms. The summed E-state index contributed by atoms with van der Waals surface area (Å²) in [4.78, 5) is 20.8. The molecule has 124 valence electrons. The second-order valence-electron chi connectivity index (χ2n) is 5.28. The number of carbonyl (C=O) groups excluding carboxylic acids is 1. The van der Waals surface area contributed by atoms with Crippen molar-refractivity contribution < 1.29 is 9.53 Å². The van der Waals surface area contributed by atoms with Gasteiger partial charge in [0.15, 0.2) is 0 Å². The maximum atomic E-state index is 12.2. The Balaban J connectivity index is 1.77. The molecule has 24 heavy (non-hydrogen) atoms. The molecular weight excluding hydrogens is 304 g/mol. The van der Waals surface area contributed by atoms with Crippen LogP contribution >= 0.6 is 0 Å². The highest BCUT2D eigenvalue weighted by Gasteiger charge is 2.12. The molecule has 0 radical (unpaired) electrons. The van der Waals surface area contributed by atoms with Crippen molar-refractivity contribution in [3.05, 3.63) is 60.2 Å². The number of aromatic nitrogens is 3. The maximum absolute atomic E-state index is 12.2. The lowest BCUT2D eigenvalue weighted by atomic mass is 10.2. The number of nitrogens with one attached hydrogen (secondary N) is 1. The number of hydrogen-bond acceptors (Lipinski definition) is 4. The van der Waals surface area contributed by atoms with Gasteiger partial charge >= 0.3 is 0 Å². The van der Waals surface area contributed by atoms with Crippen molar-refractivity contribution in [3.63, 3.8) is 0 Å². The SMILES string of the molecule is CCOCCn1c(CNC(=O)c2ccncc2)nc2ccccc21. The largest absolute Gasteiger partial charge is 0.380 e. The topological polar surface area (TPSA) is 69.0 Å². The number of rotatable bonds is 7. The number of para-hydroxylation sites is 2. The normalized spacial score (nSPS) is 10.9. The molecule has 0 saturated heterocycles. The molecule has 0 unspecified atom stereocenters. The summed E-state index contributed by atoms with van der Waals surface area (Å²) in [5.74, 6) is 0.680. The Morgan fingerprint density at radius 3 is 2.79 bits per heavy atom. The van der Waals surface area contributed by atoms with E-state index in [4.69, 9.17) is 4.74 Å². The molecule has 0 bridgehead atoms. The monoisotopic (exact) mass is 324 g/mol. The average Bonchev–Trinajstić information content (AvgIpc) is 2.98. The highest BCUT2D eigenvalue weighted by molar-refractivity contribution is 5.93. The molecule has 1 aromatic carbocycles. The van der Waals surface area contributed by atoms with Gasteiger partial charge in [-0.05, 0) is 31.2 Å². The first kappa shape index (κ1) is 16.1. The van der Waals surface area contributed by atoms with E-state index >= 15 is 0 Å². The zero-order valence-electron chi connectivity index (χ0n) is 13.6. The number of carbonyl (C=O) groups is 1. The van der Waals surface area contributed by atoms with E-state index in [0.717, 1.165) is 16.9 Å². The highest BCUT2D eigenvalue weighted by Crippen LogP contribution is 2.16. The minimum absolute atomic E-state index is 0.138. The van der Waals surface area contributed by atoms with Gasteiger partial charge in [-0.3, -0.25) is 9.78 Å². The van der Waals surface area contributed by atoms with Crippen LogP contribution in [0.4, 0.5) is 0 Å². The molecule has 2 heterocycles. The molecule has 0 atom stereocenters. The Kier molecular flexibility index (Phi) is 5.18. The van der Waals surface area contributed by atoms with Gasteiger partial charge in [-0.1, -0.05) is 12.1 Å². The second kappa shape index (κ2) is 7.70. The number of benzene rings is 1. The van der Waals surface area contributed by atoms with Gasteiger partial charge in [0.2, 0.25) is 0 Å². The first-order valence-corrected chi connectivity index (χ1v) is 7.99. The van der Waals surface area contributed by atoms with Gasteiger partial charge in [-0.15, -0.1) is 0 Å². The Morgan fingerprint density at radius 2 is 2.00 bits per heavy atom. The van der Waals surface area contributed by atoms with Crippen LogP contribution in [0.15, 0.2) is 48.8 Å². The Hall–Kier alpha value is -2.73. The summed E-state index contributed by atoms with van der Waals surface area (Å²) in [5.41, 5.74) is 2.55. The molecule has 1 N–H and O–H groups in total. The van der Waals surface area contributed by atoms with E-state index in [1.807, 2.05) is 31.2 Å². The fraction of sp³-hybridized carbons (Fsp3) is 0.278. The second-order valence-corrected chi connectivity index (χ2v) is 5.28. The zero-order chi connectivity index (χ0) is 16.8. The van der Waals surface area contributed by atoms with Crippen molar-refractivity contribution in [2.24, 2.45) is 0 Å². The van der Waals surface area contributed by atoms with E-state index in [0.29, 0.717) is 31.9 Å². The van der Waals surface area contributed by atoms with E-state index in [1.54, 1.807) is 24.5 Å². The standard InChI is InChI=1S/C18H20N4O2/c1-2-24-12-11-22-16-6-4-3-5-15(16)21-17(22)13-20-18(23)14-7-9-19-10-8-14/h3-10H,2,11-13H2,1H3,(H,20,23). The molecule has 0 saturated carbocycles. The molecule has 0 aliphatic rings. The van der Waals surface area contributed by atoms with Crippen LogP contribution in [0.3, 0.4) is 0 Å². The number of hydrogen-bond donors (Lipinski definition) is 1. The fourth-order valence-electron chi connectivity index (χ4n) is 2.57. The molecular formula is C18H20N4O2.